The molecule has 3 rings (SSSR count). The van der Waals surface area contributed by atoms with Gasteiger partial charge in [-0.15, -0.1) is 0 Å². The molecule has 0 spiro atoms. The second-order valence-corrected chi connectivity index (χ2v) is 6.42. The zero-order chi connectivity index (χ0) is 18.0. The average Bonchev–Trinajstić information content (AvgIpc) is 3.10. The van der Waals surface area contributed by atoms with Crippen molar-refractivity contribution in [2.75, 3.05) is 48.9 Å². The van der Waals surface area contributed by atoms with E-state index in [4.69, 9.17) is 5.26 Å². The minimum absolute atomic E-state index is 0.228. The summed E-state index contributed by atoms with van der Waals surface area (Å²) in [6, 6.07) is 8.57. The van der Waals surface area contributed by atoms with Crippen molar-refractivity contribution in [3.8, 4) is 6.07 Å². The molecule has 2 aromatic rings. The lowest BCUT2D eigenvalue weighted by molar-refractivity contribution is 0.626. The standard InChI is InChI=1S/C18H21FN6/c1-23(2)17-4-6-21-18(22-17)24(3)15-5-7-25(12-15)16-9-13(11-20)8-14(19)10-16/h4,6,8-10,15H,5,7,12H2,1-3H3. The maximum atomic E-state index is 13.7. The maximum absolute atomic E-state index is 13.7. The van der Waals surface area contributed by atoms with Crippen molar-refractivity contribution in [1.82, 2.24) is 9.97 Å². The van der Waals surface area contributed by atoms with Gasteiger partial charge in [0.05, 0.1) is 17.7 Å². The maximum Gasteiger partial charge on any atom is 0.227 e. The Hall–Kier alpha value is -2.88. The van der Waals surface area contributed by atoms with Gasteiger partial charge in [-0.25, -0.2) is 9.37 Å². The zero-order valence-electron chi connectivity index (χ0n) is 14.6. The van der Waals surface area contributed by atoms with Crippen LogP contribution in [0.4, 0.5) is 21.8 Å². The van der Waals surface area contributed by atoms with Gasteiger partial charge in [0.15, 0.2) is 0 Å². The van der Waals surface area contributed by atoms with Crippen molar-refractivity contribution in [3.63, 3.8) is 0 Å². The van der Waals surface area contributed by atoms with Crippen molar-refractivity contribution in [2.24, 2.45) is 0 Å². The molecule has 6 nitrogen and oxygen atoms in total. The normalized spacial score (nSPS) is 16.6. The molecule has 0 bridgehead atoms. The molecule has 0 aliphatic carbocycles. The van der Waals surface area contributed by atoms with Crippen LogP contribution in [0.1, 0.15) is 12.0 Å². The Balaban J connectivity index is 1.75. The highest BCUT2D eigenvalue weighted by Crippen LogP contribution is 2.26. The number of nitriles is 1. The number of benzene rings is 1. The molecule has 1 aromatic heterocycles. The summed E-state index contributed by atoms with van der Waals surface area (Å²) in [5.74, 6) is 1.15. The third kappa shape index (κ3) is 3.63. The van der Waals surface area contributed by atoms with Crippen LogP contribution >= 0.6 is 0 Å². The van der Waals surface area contributed by atoms with Crippen LogP contribution in [0.15, 0.2) is 30.5 Å². The summed E-state index contributed by atoms with van der Waals surface area (Å²) < 4.78 is 13.7. The Morgan fingerprint density at radius 3 is 2.80 bits per heavy atom. The van der Waals surface area contributed by atoms with Gasteiger partial charge in [-0.2, -0.15) is 10.2 Å². The summed E-state index contributed by atoms with van der Waals surface area (Å²) in [5, 5.41) is 9.03. The number of halogens is 1. The van der Waals surface area contributed by atoms with Crippen LogP contribution in [0.5, 0.6) is 0 Å². The van der Waals surface area contributed by atoms with Gasteiger partial charge in [-0.05, 0) is 30.7 Å². The van der Waals surface area contributed by atoms with Crippen molar-refractivity contribution < 1.29 is 4.39 Å². The largest absolute Gasteiger partial charge is 0.369 e. The molecule has 1 aliphatic rings. The topological polar surface area (TPSA) is 59.3 Å². The molecule has 130 valence electrons. The smallest absolute Gasteiger partial charge is 0.227 e. The summed E-state index contributed by atoms with van der Waals surface area (Å²) >= 11 is 0. The fourth-order valence-corrected chi connectivity index (χ4v) is 3.04. The Kier molecular flexibility index (Phi) is 4.70. The molecule has 1 unspecified atom stereocenters. The lowest BCUT2D eigenvalue weighted by Gasteiger charge is -2.26. The van der Waals surface area contributed by atoms with E-state index in [-0.39, 0.29) is 11.9 Å². The predicted molar refractivity (Wildman–Crippen MR) is 96.5 cm³/mol. The Morgan fingerprint density at radius 1 is 1.28 bits per heavy atom. The van der Waals surface area contributed by atoms with E-state index in [0.717, 1.165) is 31.0 Å². The Morgan fingerprint density at radius 2 is 2.08 bits per heavy atom. The first-order chi connectivity index (χ1) is 12.0. The van der Waals surface area contributed by atoms with Crippen LogP contribution < -0.4 is 14.7 Å². The molecule has 0 saturated carbocycles. The fourth-order valence-electron chi connectivity index (χ4n) is 3.04. The van der Waals surface area contributed by atoms with Crippen LogP contribution in [0, 0.1) is 17.1 Å². The molecule has 7 heteroatoms. The SMILES string of the molecule is CN(C)c1ccnc(N(C)C2CCN(c3cc(F)cc(C#N)c3)C2)n1. The lowest BCUT2D eigenvalue weighted by Crippen LogP contribution is -2.36. The number of hydrogen-bond donors (Lipinski definition) is 0. The predicted octanol–water partition coefficient (Wildman–Crippen LogP) is 2.27. The summed E-state index contributed by atoms with van der Waals surface area (Å²) in [6.07, 6.45) is 2.68. The van der Waals surface area contributed by atoms with Gasteiger partial charge in [0.2, 0.25) is 5.95 Å². The van der Waals surface area contributed by atoms with Crippen LogP contribution in [0.3, 0.4) is 0 Å². The van der Waals surface area contributed by atoms with E-state index < -0.39 is 0 Å². The van der Waals surface area contributed by atoms with E-state index >= 15 is 0 Å². The van der Waals surface area contributed by atoms with E-state index in [9.17, 15) is 4.39 Å². The molecule has 1 aliphatic heterocycles. The Labute approximate surface area is 147 Å². The van der Waals surface area contributed by atoms with E-state index in [2.05, 4.69) is 19.8 Å². The second kappa shape index (κ2) is 6.93. The number of rotatable bonds is 4. The van der Waals surface area contributed by atoms with Gasteiger partial charge in [0.1, 0.15) is 11.6 Å². The highest BCUT2D eigenvalue weighted by Gasteiger charge is 2.28. The molecule has 0 amide bonds. The number of likely N-dealkylation sites (N-methyl/N-ethyl adjacent to an activating group) is 1. The molecular formula is C18H21FN6. The number of hydrogen-bond acceptors (Lipinski definition) is 6. The zero-order valence-corrected chi connectivity index (χ0v) is 14.6. The highest BCUT2D eigenvalue weighted by molar-refractivity contribution is 5.53. The van der Waals surface area contributed by atoms with Crippen LogP contribution in [0.2, 0.25) is 0 Å². The highest BCUT2D eigenvalue weighted by atomic mass is 19.1. The molecule has 1 saturated heterocycles. The van der Waals surface area contributed by atoms with Crippen molar-refractivity contribution in [1.29, 1.82) is 5.26 Å². The lowest BCUT2D eigenvalue weighted by atomic mass is 10.2. The van der Waals surface area contributed by atoms with E-state index in [1.54, 1.807) is 12.3 Å². The molecule has 25 heavy (non-hydrogen) atoms. The number of aromatic nitrogens is 2. The monoisotopic (exact) mass is 340 g/mol. The summed E-state index contributed by atoms with van der Waals surface area (Å²) in [5.41, 5.74) is 1.09. The van der Waals surface area contributed by atoms with Crippen LogP contribution in [-0.2, 0) is 0 Å². The van der Waals surface area contributed by atoms with Gasteiger partial charge in [-0.1, -0.05) is 0 Å². The molecule has 1 atom stereocenters. The number of nitrogens with zero attached hydrogens (tertiary/aromatic N) is 6. The van der Waals surface area contributed by atoms with E-state index in [0.29, 0.717) is 11.5 Å². The average molecular weight is 340 g/mol. The molecule has 0 N–H and O–H groups in total. The van der Waals surface area contributed by atoms with Gasteiger partial charge < -0.3 is 14.7 Å². The number of anilines is 3. The molecule has 1 aromatic carbocycles. The van der Waals surface area contributed by atoms with Gasteiger partial charge in [0, 0.05) is 46.1 Å². The first-order valence-electron chi connectivity index (χ1n) is 8.17. The first kappa shape index (κ1) is 17.0. The van der Waals surface area contributed by atoms with Gasteiger partial charge >= 0.3 is 0 Å². The van der Waals surface area contributed by atoms with Crippen molar-refractivity contribution in [2.45, 2.75) is 12.5 Å². The van der Waals surface area contributed by atoms with E-state index in [1.165, 1.54) is 12.1 Å². The molecule has 0 radical (unpaired) electrons. The third-order valence-electron chi connectivity index (χ3n) is 4.49. The quantitative estimate of drug-likeness (QED) is 0.851. The molecular weight excluding hydrogens is 319 g/mol. The second-order valence-electron chi connectivity index (χ2n) is 6.42. The minimum atomic E-state index is -0.382. The summed E-state index contributed by atoms with van der Waals surface area (Å²) in [4.78, 5) is 15.1. The third-order valence-corrected chi connectivity index (χ3v) is 4.49. The summed E-state index contributed by atoms with van der Waals surface area (Å²) in [7, 11) is 5.87. The van der Waals surface area contributed by atoms with Gasteiger partial charge in [-0.3, -0.25) is 0 Å². The fraction of sp³-hybridized carbons (Fsp3) is 0.389. The van der Waals surface area contributed by atoms with E-state index in [1.807, 2.05) is 38.2 Å². The Bertz CT molecular complexity index is 800. The van der Waals surface area contributed by atoms with Crippen LogP contribution in [0.25, 0.3) is 0 Å². The molecule has 1 fully saturated rings. The summed E-state index contributed by atoms with van der Waals surface area (Å²) in [6.45, 7) is 1.54. The van der Waals surface area contributed by atoms with Gasteiger partial charge in [0.25, 0.3) is 0 Å². The molecule has 2 heterocycles. The first-order valence-corrected chi connectivity index (χ1v) is 8.17. The van der Waals surface area contributed by atoms with Crippen LogP contribution in [-0.4, -0.2) is 50.2 Å². The minimum Gasteiger partial charge on any atom is -0.369 e. The van der Waals surface area contributed by atoms with Crippen molar-refractivity contribution >= 4 is 17.5 Å². The van der Waals surface area contributed by atoms with Crippen molar-refractivity contribution in [3.05, 3.63) is 41.8 Å².